The Hall–Kier alpha value is -2.47. The SMILES string of the molecule is COc1cc2[nH]cc(C(=O)Nc3cccc(Br)c3)c2cc1OC. The Morgan fingerprint density at radius 3 is 2.57 bits per heavy atom. The maximum absolute atomic E-state index is 12.5. The largest absolute Gasteiger partial charge is 0.493 e. The van der Waals surface area contributed by atoms with E-state index in [0.29, 0.717) is 17.1 Å². The lowest BCUT2D eigenvalue weighted by molar-refractivity contribution is 0.102. The molecule has 0 spiro atoms. The zero-order valence-corrected chi connectivity index (χ0v) is 14.2. The van der Waals surface area contributed by atoms with E-state index < -0.39 is 0 Å². The predicted octanol–water partition coefficient (Wildman–Crippen LogP) is 4.20. The standard InChI is InChI=1S/C17H15BrN2O3/c1-22-15-7-12-13(9-19-14(12)8-16(15)23-2)17(21)20-11-5-3-4-10(18)6-11/h3-9,19H,1-2H3,(H,20,21). The molecule has 1 heterocycles. The van der Waals surface area contributed by atoms with E-state index >= 15 is 0 Å². The number of aromatic nitrogens is 1. The highest BCUT2D eigenvalue weighted by atomic mass is 79.9. The van der Waals surface area contributed by atoms with Crippen LogP contribution >= 0.6 is 15.9 Å². The molecule has 6 heteroatoms. The first kappa shape index (κ1) is 15.4. The molecular weight excluding hydrogens is 360 g/mol. The van der Waals surface area contributed by atoms with Crippen LogP contribution in [-0.2, 0) is 0 Å². The van der Waals surface area contributed by atoms with Crippen molar-refractivity contribution < 1.29 is 14.3 Å². The summed E-state index contributed by atoms with van der Waals surface area (Å²) in [7, 11) is 3.14. The molecule has 3 rings (SSSR count). The Morgan fingerprint density at radius 2 is 1.87 bits per heavy atom. The number of amides is 1. The topological polar surface area (TPSA) is 63.4 Å². The van der Waals surface area contributed by atoms with E-state index in [0.717, 1.165) is 21.1 Å². The molecule has 0 fully saturated rings. The van der Waals surface area contributed by atoms with Gasteiger partial charge in [0.05, 0.1) is 25.3 Å². The number of benzene rings is 2. The number of nitrogens with one attached hydrogen (secondary N) is 2. The minimum Gasteiger partial charge on any atom is -0.493 e. The lowest BCUT2D eigenvalue weighted by Crippen LogP contribution is -2.11. The maximum atomic E-state index is 12.5. The van der Waals surface area contributed by atoms with Crippen molar-refractivity contribution in [3.8, 4) is 11.5 Å². The van der Waals surface area contributed by atoms with Crippen molar-refractivity contribution >= 4 is 38.4 Å². The average molecular weight is 375 g/mol. The van der Waals surface area contributed by atoms with Crippen LogP contribution in [0.15, 0.2) is 47.1 Å². The van der Waals surface area contributed by atoms with Gasteiger partial charge >= 0.3 is 0 Å². The number of carbonyl (C=O) groups excluding carboxylic acids is 1. The maximum Gasteiger partial charge on any atom is 0.257 e. The van der Waals surface area contributed by atoms with Crippen molar-refractivity contribution in [3.05, 3.63) is 52.6 Å². The first-order valence-corrected chi connectivity index (χ1v) is 7.71. The molecular formula is C17H15BrN2O3. The number of H-pyrrole nitrogens is 1. The Labute approximate surface area is 141 Å². The summed E-state index contributed by atoms with van der Waals surface area (Å²) in [4.78, 5) is 15.6. The van der Waals surface area contributed by atoms with Crippen LogP contribution in [-0.4, -0.2) is 25.1 Å². The Morgan fingerprint density at radius 1 is 1.13 bits per heavy atom. The number of ether oxygens (including phenoxy) is 2. The van der Waals surface area contributed by atoms with E-state index in [4.69, 9.17) is 9.47 Å². The molecule has 2 aromatic carbocycles. The molecule has 0 aliphatic heterocycles. The molecule has 0 aliphatic rings. The summed E-state index contributed by atoms with van der Waals surface area (Å²) >= 11 is 3.39. The van der Waals surface area contributed by atoms with Gasteiger partial charge in [0.15, 0.2) is 11.5 Å². The van der Waals surface area contributed by atoms with Crippen LogP contribution in [0.2, 0.25) is 0 Å². The third-order valence-corrected chi connectivity index (χ3v) is 4.01. The number of hydrogen-bond acceptors (Lipinski definition) is 3. The zero-order chi connectivity index (χ0) is 16.4. The zero-order valence-electron chi connectivity index (χ0n) is 12.6. The molecule has 23 heavy (non-hydrogen) atoms. The first-order chi connectivity index (χ1) is 11.1. The van der Waals surface area contributed by atoms with Crippen LogP contribution in [0.4, 0.5) is 5.69 Å². The average Bonchev–Trinajstić information content (AvgIpc) is 2.96. The van der Waals surface area contributed by atoms with Gasteiger partial charge in [0.1, 0.15) is 0 Å². The van der Waals surface area contributed by atoms with Crippen LogP contribution in [0.1, 0.15) is 10.4 Å². The van der Waals surface area contributed by atoms with Crippen molar-refractivity contribution in [2.75, 3.05) is 19.5 Å². The van der Waals surface area contributed by atoms with Gasteiger partial charge in [0.2, 0.25) is 0 Å². The Bertz CT molecular complexity index is 873. The molecule has 3 aromatic rings. The molecule has 0 atom stereocenters. The van der Waals surface area contributed by atoms with Crippen LogP contribution in [0.25, 0.3) is 10.9 Å². The van der Waals surface area contributed by atoms with E-state index in [9.17, 15) is 4.79 Å². The van der Waals surface area contributed by atoms with Crippen molar-refractivity contribution in [2.24, 2.45) is 0 Å². The molecule has 0 radical (unpaired) electrons. The highest BCUT2D eigenvalue weighted by Gasteiger charge is 2.15. The van der Waals surface area contributed by atoms with Gasteiger partial charge in [0, 0.05) is 27.8 Å². The number of carbonyl (C=O) groups is 1. The Kier molecular flexibility index (Phi) is 4.25. The lowest BCUT2D eigenvalue weighted by Gasteiger charge is -2.08. The minimum absolute atomic E-state index is 0.193. The summed E-state index contributed by atoms with van der Waals surface area (Å²) in [5, 5.41) is 3.66. The highest BCUT2D eigenvalue weighted by molar-refractivity contribution is 9.10. The summed E-state index contributed by atoms with van der Waals surface area (Å²) in [5.41, 5.74) is 2.07. The number of hydrogen-bond donors (Lipinski definition) is 2. The van der Waals surface area contributed by atoms with Gasteiger partial charge in [-0.3, -0.25) is 4.79 Å². The summed E-state index contributed by atoms with van der Waals surface area (Å²) < 4.78 is 11.5. The fourth-order valence-corrected chi connectivity index (χ4v) is 2.80. The number of fused-ring (bicyclic) bond motifs is 1. The van der Waals surface area contributed by atoms with Crippen molar-refractivity contribution in [1.82, 2.24) is 4.98 Å². The summed E-state index contributed by atoms with van der Waals surface area (Å²) in [6.07, 6.45) is 1.68. The van der Waals surface area contributed by atoms with E-state index in [-0.39, 0.29) is 5.91 Å². The van der Waals surface area contributed by atoms with Crippen molar-refractivity contribution in [2.45, 2.75) is 0 Å². The number of methoxy groups -OCH3 is 2. The number of rotatable bonds is 4. The van der Waals surface area contributed by atoms with E-state index in [1.165, 1.54) is 0 Å². The molecule has 1 aromatic heterocycles. The Balaban J connectivity index is 1.97. The summed E-state index contributed by atoms with van der Waals surface area (Å²) in [5.74, 6) is 0.999. The van der Waals surface area contributed by atoms with E-state index in [1.54, 1.807) is 26.5 Å². The minimum atomic E-state index is -0.193. The quantitative estimate of drug-likeness (QED) is 0.719. The molecule has 0 saturated heterocycles. The monoisotopic (exact) mass is 374 g/mol. The first-order valence-electron chi connectivity index (χ1n) is 6.92. The summed E-state index contributed by atoms with van der Waals surface area (Å²) in [6.45, 7) is 0. The van der Waals surface area contributed by atoms with Crippen molar-refractivity contribution in [1.29, 1.82) is 0 Å². The normalized spacial score (nSPS) is 10.6. The van der Waals surface area contributed by atoms with Crippen LogP contribution in [0, 0.1) is 0 Å². The van der Waals surface area contributed by atoms with Gasteiger partial charge in [-0.2, -0.15) is 0 Å². The van der Waals surface area contributed by atoms with Gasteiger partial charge < -0.3 is 19.8 Å². The molecule has 5 nitrogen and oxygen atoms in total. The van der Waals surface area contributed by atoms with E-state index in [2.05, 4.69) is 26.2 Å². The molecule has 0 aliphatic carbocycles. The smallest absolute Gasteiger partial charge is 0.257 e. The number of halogens is 1. The van der Waals surface area contributed by atoms with Crippen LogP contribution in [0.5, 0.6) is 11.5 Å². The fraction of sp³-hybridized carbons (Fsp3) is 0.118. The molecule has 0 bridgehead atoms. The lowest BCUT2D eigenvalue weighted by atomic mass is 10.1. The third kappa shape index (κ3) is 3.03. The second-order valence-electron chi connectivity index (χ2n) is 4.92. The highest BCUT2D eigenvalue weighted by Crippen LogP contribution is 2.33. The fourth-order valence-electron chi connectivity index (χ4n) is 2.40. The van der Waals surface area contributed by atoms with Gasteiger partial charge in [-0.25, -0.2) is 0 Å². The van der Waals surface area contributed by atoms with Crippen molar-refractivity contribution in [3.63, 3.8) is 0 Å². The summed E-state index contributed by atoms with van der Waals surface area (Å²) in [6, 6.07) is 11.0. The molecule has 1 amide bonds. The second-order valence-corrected chi connectivity index (χ2v) is 5.84. The third-order valence-electron chi connectivity index (χ3n) is 3.51. The molecule has 118 valence electrons. The van der Waals surface area contributed by atoms with Crippen LogP contribution in [0.3, 0.4) is 0 Å². The second kappa shape index (κ2) is 6.34. The molecule has 0 unspecified atom stereocenters. The van der Waals surface area contributed by atoms with Crippen LogP contribution < -0.4 is 14.8 Å². The van der Waals surface area contributed by atoms with Gasteiger partial charge in [0.25, 0.3) is 5.91 Å². The van der Waals surface area contributed by atoms with Gasteiger partial charge in [-0.1, -0.05) is 22.0 Å². The van der Waals surface area contributed by atoms with Gasteiger partial charge in [-0.05, 0) is 24.3 Å². The number of aromatic amines is 1. The molecule has 2 N–H and O–H groups in total. The van der Waals surface area contributed by atoms with E-state index in [1.807, 2.05) is 30.3 Å². The molecule has 0 saturated carbocycles. The number of anilines is 1. The van der Waals surface area contributed by atoms with Gasteiger partial charge in [-0.15, -0.1) is 0 Å². The predicted molar refractivity (Wildman–Crippen MR) is 93.5 cm³/mol.